The second-order valence-corrected chi connectivity index (χ2v) is 11.3. The van der Waals surface area contributed by atoms with Crippen molar-refractivity contribution in [3.05, 3.63) is 58.0 Å². The molecule has 37 heavy (non-hydrogen) atoms. The molecule has 1 fully saturated rings. The van der Waals surface area contributed by atoms with E-state index in [1.807, 2.05) is 39.0 Å². The van der Waals surface area contributed by atoms with Crippen molar-refractivity contribution in [3.63, 3.8) is 0 Å². The van der Waals surface area contributed by atoms with Crippen molar-refractivity contribution in [1.82, 2.24) is 15.3 Å². The Kier molecular flexibility index (Phi) is 8.35. The number of nitrogens with two attached hydrogens (primary N) is 1. The molecule has 0 radical (unpaired) electrons. The van der Waals surface area contributed by atoms with Gasteiger partial charge in [-0.2, -0.15) is 0 Å². The molecule has 0 spiro atoms. The third-order valence-electron chi connectivity index (χ3n) is 5.83. The Hall–Kier alpha value is -3.15. The van der Waals surface area contributed by atoms with Crippen molar-refractivity contribution < 1.29 is 18.7 Å². The largest absolute Gasteiger partial charge is 0.454 e. The summed E-state index contributed by atoms with van der Waals surface area (Å²) >= 11 is 2.18. The van der Waals surface area contributed by atoms with Crippen LogP contribution >= 0.6 is 22.6 Å². The van der Waals surface area contributed by atoms with Gasteiger partial charge in [-0.15, -0.1) is 0 Å². The molecule has 0 bridgehead atoms. The van der Waals surface area contributed by atoms with Crippen molar-refractivity contribution in [1.29, 1.82) is 0 Å². The first-order chi connectivity index (χ1) is 17.6. The Labute approximate surface area is 229 Å². The number of anilines is 2. The fraction of sp³-hybridized carbons (Fsp3) is 0.370. The van der Waals surface area contributed by atoms with Crippen molar-refractivity contribution >= 4 is 40.3 Å². The summed E-state index contributed by atoms with van der Waals surface area (Å²) in [7, 11) is 0. The zero-order valence-corrected chi connectivity index (χ0v) is 23.2. The number of hydrogen-bond acceptors (Lipinski definition) is 7. The van der Waals surface area contributed by atoms with Crippen molar-refractivity contribution in [2.75, 3.05) is 11.1 Å². The van der Waals surface area contributed by atoms with Gasteiger partial charge in [-0.1, -0.05) is 0 Å². The number of hydrogen-bond donors (Lipinski definition) is 3. The average molecular weight is 619 g/mol. The Morgan fingerprint density at radius 1 is 1.05 bits per heavy atom. The number of rotatable bonds is 6. The third-order valence-corrected chi connectivity index (χ3v) is 6.50. The van der Waals surface area contributed by atoms with Gasteiger partial charge in [-0.3, -0.25) is 0 Å². The van der Waals surface area contributed by atoms with Gasteiger partial charge >= 0.3 is 6.09 Å². The zero-order chi connectivity index (χ0) is 26.6. The molecule has 2 aromatic carbocycles. The maximum Gasteiger partial charge on any atom is 0.407 e. The fourth-order valence-corrected chi connectivity index (χ4v) is 4.59. The van der Waals surface area contributed by atoms with Crippen LogP contribution in [-0.2, 0) is 4.74 Å². The monoisotopic (exact) mass is 619 g/mol. The van der Waals surface area contributed by atoms with E-state index in [2.05, 4.69) is 38.2 Å². The summed E-state index contributed by atoms with van der Waals surface area (Å²) in [5.41, 5.74) is 6.84. The van der Waals surface area contributed by atoms with Gasteiger partial charge in [0.05, 0.1) is 5.69 Å². The highest BCUT2D eigenvalue weighted by atomic mass is 127. The summed E-state index contributed by atoms with van der Waals surface area (Å²) in [6, 6.07) is 12.1. The Balaban J connectivity index is 1.42. The SMILES string of the molecule is CC(C)(C)OC(=O)NC1CCC(Nc2nccc(-c3ccc(I)cc3Oc3ccc(N)cc3F)n2)CC1. The zero-order valence-electron chi connectivity index (χ0n) is 21.1. The van der Waals surface area contributed by atoms with Crippen LogP contribution in [0.4, 0.5) is 20.8 Å². The molecular weight excluding hydrogens is 588 g/mol. The van der Waals surface area contributed by atoms with Crippen LogP contribution in [-0.4, -0.2) is 33.7 Å². The number of amides is 1. The Bertz CT molecular complexity index is 1260. The lowest BCUT2D eigenvalue weighted by Crippen LogP contribution is -2.42. The number of alkyl carbamates (subject to hydrolysis) is 1. The number of ether oxygens (including phenoxy) is 2. The number of benzene rings is 2. The van der Waals surface area contributed by atoms with Gasteiger partial charge in [-0.05, 0) is 105 Å². The molecule has 4 N–H and O–H groups in total. The predicted molar refractivity (Wildman–Crippen MR) is 150 cm³/mol. The van der Waals surface area contributed by atoms with Gasteiger partial charge in [0.25, 0.3) is 0 Å². The van der Waals surface area contributed by atoms with Crippen LogP contribution in [0, 0.1) is 9.39 Å². The normalized spacial score (nSPS) is 17.6. The van der Waals surface area contributed by atoms with Crippen LogP contribution in [0.1, 0.15) is 46.5 Å². The van der Waals surface area contributed by atoms with Gasteiger partial charge in [0.1, 0.15) is 11.4 Å². The number of carbonyl (C=O) groups is 1. The van der Waals surface area contributed by atoms with Crippen LogP contribution < -0.4 is 21.1 Å². The fourth-order valence-electron chi connectivity index (χ4n) is 4.13. The molecule has 1 aliphatic carbocycles. The van der Waals surface area contributed by atoms with Gasteiger partial charge in [-0.25, -0.2) is 19.2 Å². The minimum absolute atomic E-state index is 0.0837. The van der Waals surface area contributed by atoms with Crippen LogP contribution in [0.15, 0.2) is 48.7 Å². The molecule has 1 amide bonds. The van der Waals surface area contributed by atoms with Crippen molar-refractivity contribution in [2.24, 2.45) is 0 Å². The molecule has 0 aliphatic heterocycles. The first-order valence-corrected chi connectivity index (χ1v) is 13.3. The standard InChI is InChI=1S/C27H31FIN5O3/c1-27(2,3)37-26(35)33-19-8-6-18(7-9-19)32-25-31-13-12-22(34-25)20-10-4-16(29)14-24(20)36-23-11-5-17(30)15-21(23)28/h4-5,10-15,18-19H,6-9,30H2,1-3H3,(H,33,35)(H,31,32,34). The summed E-state index contributed by atoms with van der Waals surface area (Å²) in [6.07, 6.45) is 4.70. The Morgan fingerprint density at radius 3 is 2.49 bits per heavy atom. The molecule has 10 heteroatoms. The topological polar surface area (TPSA) is 111 Å². The minimum atomic E-state index is -0.536. The van der Waals surface area contributed by atoms with E-state index < -0.39 is 11.4 Å². The molecule has 0 saturated heterocycles. The molecule has 196 valence electrons. The van der Waals surface area contributed by atoms with E-state index in [1.54, 1.807) is 18.3 Å². The number of nitrogens with zero attached hydrogens (tertiary/aromatic N) is 2. The second-order valence-electron chi connectivity index (χ2n) is 10.0. The number of nitrogen functional groups attached to an aromatic ring is 1. The molecule has 4 rings (SSSR count). The molecule has 1 aromatic heterocycles. The third kappa shape index (κ3) is 7.67. The van der Waals surface area contributed by atoms with E-state index in [9.17, 15) is 9.18 Å². The number of carbonyl (C=O) groups excluding carboxylic acids is 1. The van der Waals surface area contributed by atoms with E-state index >= 15 is 0 Å². The van der Waals surface area contributed by atoms with Gasteiger partial charge in [0, 0.05) is 39.2 Å². The lowest BCUT2D eigenvalue weighted by atomic mass is 9.91. The summed E-state index contributed by atoms with van der Waals surface area (Å²) in [6.45, 7) is 5.55. The van der Waals surface area contributed by atoms with Crippen LogP contribution in [0.2, 0.25) is 0 Å². The molecule has 1 saturated carbocycles. The molecular formula is C27H31FIN5O3. The summed E-state index contributed by atoms with van der Waals surface area (Å²) in [5.74, 6) is 0.534. The molecule has 3 aromatic rings. The van der Waals surface area contributed by atoms with E-state index in [1.165, 1.54) is 12.1 Å². The first kappa shape index (κ1) is 26.9. The summed E-state index contributed by atoms with van der Waals surface area (Å²) < 4.78 is 26.6. The lowest BCUT2D eigenvalue weighted by Gasteiger charge is -2.30. The van der Waals surface area contributed by atoms with Gasteiger partial charge in [0.2, 0.25) is 5.95 Å². The van der Waals surface area contributed by atoms with Crippen LogP contribution in [0.3, 0.4) is 0 Å². The summed E-state index contributed by atoms with van der Waals surface area (Å²) in [4.78, 5) is 21.2. The quantitative estimate of drug-likeness (QED) is 0.213. The van der Waals surface area contributed by atoms with Crippen LogP contribution in [0.25, 0.3) is 11.3 Å². The smallest absolute Gasteiger partial charge is 0.407 e. The van der Waals surface area contributed by atoms with Gasteiger partial charge in [0.15, 0.2) is 11.6 Å². The Morgan fingerprint density at radius 2 is 1.78 bits per heavy atom. The van der Waals surface area contributed by atoms with E-state index in [0.29, 0.717) is 28.6 Å². The van der Waals surface area contributed by atoms with E-state index in [4.69, 9.17) is 20.2 Å². The molecule has 8 nitrogen and oxygen atoms in total. The van der Waals surface area contributed by atoms with Gasteiger partial charge < -0.3 is 25.8 Å². The number of aromatic nitrogens is 2. The molecule has 1 heterocycles. The number of halogens is 2. The lowest BCUT2D eigenvalue weighted by molar-refractivity contribution is 0.0492. The van der Waals surface area contributed by atoms with Crippen LogP contribution in [0.5, 0.6) is 11.5 Å². The van der Waals surface area contributed by atoms with E-state index in [-0.39, 0.29) is 23.9 Å². The average Bonchev–Trinajstić information content (AvgIpc) is 2.81. The van der Waals surface area contributed by atoms with Crippen molar-refractivity contribution in [3.8, 4) is 22.8 Å². The highest BCUT2D eigenvalue weighted by molar-refractivity contribution is 14.1. The second kappa shape index (κ2) is 11.5. The van der Waals surface area contributed by atoms with Crippen molar-refractivity contribution in [2.45, 2.75) is 64.1 Å². The maximum atomic E-state index is 14.4. The van der Waals surface area contributed by atoms with E-state index in [0.717, 1.165) is 29.3 Å². The molecule has 0 atom stereocenters. The maximum absolute atomic E-state index is 14.4. The molecule has 0 unspecified atom stereocenters. The number of nitrogens with one attached hydrogen (secondary N) is 2. The first-order valence-electron chi connectivity index (χ1n) is 12.2. The minimum Gasteiger partial charge on any atom is -0.454 e. The predicted octanol–water partition coefficient (Wildman–Crippen LogP) is 6.51. The highest BCUT2D eigenvalue weighted by Gasteiger charge is 2.25. The molecule has 1 aliphatic rings. The summed E-state index contributed by atoms with van der Waals surface area (Å²) in [5, 5.41) is 6.38. The highest BCUT2D eigenvalue weighted by Crippen LogP contribution is 2.35.